The maximum atomic E-state index is 12.5. The minimum Gasteiger partial charge on any atom is -0.284 e. The van der Waals surface area contributed by atoms with Gasteiger partial charge < -0.3 is 0 Å². The molecule has 2 rings (SSSR count). The number of benzene rings is 1. The van der Waals surface area contributed by atoms with Crippen LogP contribution in [0.4, 0.5) is 13.2 Å². The molecule has 88 valence electrons. The van der Waals surface area contributed by atoms with Gasteiger partial charge in [-0.15, -0.1) is 0 Å². The van der Waals surface area contributed by atoms with E-state index in [9.17, 15) is 18.0 Å². The molecule has 0 amide bonds. The van der Waals surface area contributed by atoms with Gasteiger partial charge in [-0.2, -0.15) is 13.2 Å². The summed E-state index contributed by atoms with van der Waals surface area (Å²) < 4.78 is 38.6. The number of hydrogen-bond donors (Lipinski definition) is 0. The van der Waals surface area contributed by atoms with Gasteiger partial charge in [-0.25, -0.2) is 0 Å². The van der Waals surface area contributed by atoms with Crippen molar-refractivity contribution in [2.24, 2.45) is 0 Å². The Kier molecular flexibility index (Phi) is 2.75. The highest BCUT2D eigenvalue weighted by Crippen LogP contribution is 2.26. The van der Waals surface area contributed by atoms with Crippen molar-refractivity contribution in [1.29, 1.82) is 0 Å². The van der Waals surface area contributed by atoms with E-state index in [1.165, 1.54) is 12.3 Å². The summed E-state index contributed by atoms with van der Waals surface area (Å²) in [6.07, 6.45) is -3.32. The number of halogens is 3. The third kappa shape index (κ3) is 2.22. The second-order valence-electron chi connectivity index (χ2n) is 3.43. The normalized spacial score (nSPS) is 11.5. The Labute approximate surface area is 94.9 Å². The van der Waals surface area contributed by atoms with Gasteiger partial charge in [0, 0.05) is 11.9 Å². The van der Waals surface area contributed by atoms with Crippen molar-refractivity contribution in [2.75, 3.05) is 0 Å². The molecule has 17 heavy (non-hydrogen) atoms. The molecule has 0 fully saturated rings. The molecule has 0 N–H and O–H groups in total. The van der Waals surface area contributed by atoms with E-state index in [0.29, 0.717) is 5.69 Å². The van der Waals surface area contributed by atoms with Crippen LogP contribution in [0.2, 0.25) is 0 Å². The van der Waals surface area contributed by atoms with E-state index in [-0.39, 0.29) is 0 Å². The summed E-state index contributed by atoms with van der Waals surface area (Å²) in [4.78, 5) is 11.7. The van der Waals surface area contributed by atoms with Gasteiger partial charge in [-0.05, 0) is 24.3 Å². The lowest BCUT2D eigenvalue weighted by atomic mass is 10.2. The summed E-state index contributed by atoms with van der Waals surface area (Å²) >= 11 is 0. The Balaban J connectivity index is 2.63. The Morgan fingerprint density at radius 3 is 2.18 bits per heavy atom. The van der Waals surface area contributed by atoms with E-state index >= 15 is 0 Å². The highest BCUT2D eigenvalue weighted by Gasteiger charge is 2.34. The number of nitrogens with zero attached hydrogens (tertiary/aromatic N) is 1. The van der Waals surface area contributed by atoms with Crippen molar-refractivity contribution in [2.45, 2.75) is 6.18 Å². The van der Waals surface area contributed by atoms with Crippen LogP contribution in [-0.4, -0.2) is 4.57 Å². The predicted molar refractivity (Wildman–Crippen MR) is 57.0 cm³/mol. The van der Waals surface area contributed by atoms with E-state index in [2.05, 4.69) is 0 Å². The first-order valence-corrected chi connectivity index (χ1v) is 4.84. The zero-order chi connectivity index (χ0) is 12.5. The Bertz CT molecular complexity index is 572. The van der Waals surface area contributed by atoms with Crippen LogP contribution < -0.4 is 5.56 Å². The summed E-state index contributed by atoms with van der Waals surface area (Å²) in [5, 5.41) is 0. The summed E-state index contributed by atoms with van der Waals surface area (Å²) in [5.41, 5.74) is -1.82. The lowest BCUT2D eigenvalue weighted by Crippen LogP contribution is -2.26. The quantitative estimate of drug-likeness (QED) is 0.750. The first-order valence-electron chi connectivity index (χ1n) is 4.84. The highest BCUT2D eigenvalue weighted by atomic mass is 19.4. The molecule has 0 spiro atoms. The van der Waals surface area contributed by atoms with Crippen LogP contribution >= 0.6 is 0 Å². The van der Waals surface area contributed by atoms with Crippen LogP contribution in [0.3, 0.4) is 0 Å². The Morgan fingerprint density at radius 2 is 1.59 bits per heavy atom. The molecule has 1 heterocycles. The zero-order valence-corrected chi connectivity index (χ0v) is 8.61. The first-order chi connectivity index (χ1) is 8.00. The Morgan fingerprint density at radius 1 is 0.941 bits per heavy atom. The van der Waals surface area contributed by atoms with Gasteiger partial charge in [0.2, 0.25) is 0 Å². The molecule has 5 heteroatoms. The molecule has 2 aromatic rings. The van der Waals surface area contributed by atoms with Gasteiger partial charge in [0.05, 0.1) is 0 Å². The van der Waals surface area contributed by atoms with Gasteiger partial charge in [0.1, 0.15) is 5.56 Å². The second kappa shape index (κ2) is 4.08. The molecule has 0 aliphatic rings. The van der Waals surface area contributed by atoms with Gasteiger partial charge in [-0.1, -0.05) is 18.2 Å². The van der Waals surface area contributed by atoms with E-state index in [1.807, 2.05) is 0 Å². The monoisotopic (exact) mass is 239 g/mol. The molecule has 1 aromatic heterocycles. The summed E-state index contributed by atoms with van der Waals surface area (Å²) in [6.45, 7) is 0. The van der Waals surface area contributed by atoms with Crippen LogP contribution in [0.5, 0.6) is 0 Å². The topological polar surface area (TPSA) is 22.0 Å². The average molecular weight is 239 g/mol. The molecule has 0 bridgehead atoms. The summed E-state index contributed by atoms with van der Waals surface area (Å²) in [7, 11) is 0. The molecule has 0 saturated carbocycles. The molecular weight excluding hydrogens is 231 g/mol. The maximum Gasteiger partial charge on any atom is 0.421 e. The SMILES string of the molecule is O=c1c(C(F)(F)F)cccn1-c1ccccc1. The number of pyridine rings is 1. The smallest absolute Gasteiger partial charge is 0.284 e. The summed E-state index contributed by atoms with van der Waals surface area (Å²) in [5.74, 6) is 0. The van der Waals surface area contributed by atoms with Crippen LogP contribution in [0.25, 0.3) is 5.69 Å². The van der Waals surface area contributed by atoms with Gasteiger partial charge in [0.15, 0.2) is 0 Å². The van der Waals surface area contributed by atoms with Crippen LogP contribution in [0.15, 0.2) is 53.5 Å². The fourth-order valence-electron chi connectivity index (χ4n) is 1.50. The van der Waals surface area contributed by atoms with E-state index in [4.69, 9.17) is 0 Å². The van der Waals surface area contributed by atoms with E-state index in [1.54, 1.807) is 30.3 Å². The predicted octanol–water partition coefficient (Wildman–Crippen LogP) is 2.86. The third-order valence-corrected chi connectivity index (χ3v) is 2.29. The first kappa shape index (κ1) is 11.4. The standard InChI is InChI=1S/C12H8F3NO/c13-12(14,15)10-7-4-8-16(11(10)17)9-5-2-1-3-6-9/h1-8H. The van der Waals surface area contributed by atoms with Crippen molar-refractivity contribution in [3.8, 4) is 5.69 Å². The molecule has 0 atom stereocenters. The molecular formula is C12H8F3NO. The maximum absolute atomic E-state index is 12.5. The Hall–Kier alpha value is -2.04. The van der Waals surface area contributed by atoms with Crippen LogP contribution in [0, 0.1) is 0 Å². The van der Waals surface area contributed by atoms with Crippen LogP contribution in [0.1, 0.15) is 5.56 Å². The molecule has 0 aliphatic heterocycles. The minimum absolute atomic E-state index is 0.406. The molecule has 0 radical (unpaired) electrons. The van der Waals surface area contributed by atoms with Crippen molar-refractivity contribution >= 4 is 0 Å². The average Bonchev–Trinajstić information content (AvgIpc) is 2.29. The molecule has 0 aliphatic carbocycles. The number of rotatable bonds is 1. The second-order valence-corrected chi connectivity index (χ2v) is 3.43. The number of hydrogen-bond acceptors (Lipinski definition) is 1. The van der Waals surface area contributed by atoms with Crippen molar-refractivity contribution in [1.82, 2.24) is 4.57 Å². The van der Waals surface area contributed by atoms with Crippen molar-refractivity contribution in [3.63, 3.8) is 0 Å². The largest absolute Gasteiger partial charge is 0.421 e. The summed E-state index contributed by atoms with van der Waals surface area (Å²) in [6, 6.07) is 10.2. The zero-order valence-electron chi connectivity index (χ0n) is 8.61. The van der Waals surface area contributed by atoms with Gasteiger partial charge in [-0.3, -0.25) is 9.36 Å². The number of aromatic nitrogens is 1. The van der Waals surface area contributed by atoms with E-state index < -0.39 is 17.3 Å². The number of para-hydroxylation sites is 1. The number of alkyl halides is 3. The fourth-order valence-corrected chi connectivity index (χ4v) is 1.50. The van der Waals surface area contributed by atoms with Crippen molar-refractivity contribution < 1.29 is 13.2 Å². The molecule has 0 unspecified atom stereocenters. The molecule has 2 nitrogen and oxygen atoms in total. The lowest BCUT2D eigenvalue weighted by Gasteiger charge is -2.09. The van der Waals surface area contributed by atoms with Gasteiger partial charge in [0.25, 0.3) is 5.56 Å². The molecule has 1 aromatic carbocycles. The minimum atomic E-state index is -4.63. The highest BCUT2D eigenvalue weighted by molar-refractivity contribution is 5.33. The van der Waals surface area contributed by atoms with Gasteiger partial charge >= 0.3 is 6.18 Å². The molecule has 0 saturated heterocycles. The third-order valence-electron chi connectivity index (χ3n) is 2.29. The van der Waals surface area contributed by atoms with Crippen molar-refractivity contribution in [3.05, 3.63) is 64.6 Å². The van der Waals surface area contributed by atoms with E-state index in [0.717, 1.165) is 10.6 Å². The lowest BCUT2D eigenvalue weighted by molar-refractivity contribution is -0.138. The fraction of sp³-hybridized carbons (Fsp3) is 0.0833. The van der Waals surface area contributed by atoms with Crippen LogP contribution in [-0.2, 0) is 6.18 Å².